The summed E-state index contributed by atoms with van der Waals surface area (Å²) in [6.45, 7) is 15.7. The van der Waals surface area contributed by atoms with Gasteiger partial charge in [-0.15, -0.1) is 0 Å². The Balaban J connectivity index is 1.48. The Labute approximate surface area is 280 Å². The zero-order chi connectivity index (χ0) is 33.2. The number of hydrogen-bond acceptors (Lipinski definition) is 3. The van der Waals surface area contributed by atoms with Gasteiger partial charge in [0.05, 0.1) is 29.2 Å². The highest BCUT2D eigenvalue weighted by Gasteiger charge is 2.41. The molecule has 0 saturated heterocycles. The van der Waals surface area contributed by atoms with E-state index in [0.29, 0.717) is 0 Å². The molecule has 0 radical (unpaired) electrons. The molecule has 0 aliphatic rings. The van der Waals surface area contributed by atoms with E-state index in [0.717, 1.165) is 33.8 Å². The summed E-state index contributed by atoms with van der Waals surface area (Å²) >= 11 is 0. The van der Waals surface area contributed by atoms with Crippen LogP contribution in [0.1, 0.15) is 93.6 Å². The average Bonchev–Trinajstić information content (AvgIpc) is 3.08. The topological polar surface area (TPSA) is 42.5 Å². The van der Waals surface area contributed by atoms with E-state index in [1.165, 1.54) is 16.7 Å². The molecule has 3 aromatic heterocycles. The molecule has 6 rings (SSSR count). The SMILES string of the molecule is CC(C)(C)c1ccnc([C@H](c2ccccc2)c2cccc(-c3cccc(C(C)(c4ccccc4)[n+]4cc(C(C)(C)C)ccn4)c3)n2)c1. The van der Waals surface area contributed by atoms with E-state index in [1.54, 1.807) is 0 Å². The lowest BCUT2D eigenvalue weighted by atomic mass is 9.82. The highest BCUT2D eigenvalue weighted by molar-refractivity contribution is 5.62. The van der Waals surface area contributed by atoms with Crippen LogP contribution < -0.4 is 4.68 Å². The molecule has 236 valence electrons. The summed E-state index contributed by atoms with van der Waals surface area (Å²) in [7, 11) is 0. The summed E-state index contributed by atoms with van der Waals surface area (Å²) < 4.78 is 2.12. The van der Waals surface area contributed by atoms with E-state index in [2.05, 4.69) is 181 Å². The van der Waals surface area contributed by atoms with Gasteiger partial charge in [-0.25, -0.2) is 0 Å². The molecule has 0 spiro atoms. The molecule has 4 nitrogen and oxygen atoms in total. The van der Waals surface area contributed by atoms with Crippen molar-refractivity contribution in [1.82, 2.24) is 15.1 Å². The molecule has 0 N–H and O–H groups in total. The van der Waals surface area contributed by atoms with Crippen LogP contribution in [-0.4, -0.2) is 15.1 Å². The molecular weight excluding hydrogens is 573 g/mol. The van der Waals surface area contributed by atoms with Crippen molar-refractivity contribution in [1.29, 1.82) is 0 Å². The van der Waals surface area contributed by atoms with E-state index >= 15 is 0 Å². The monoisotopic (exact) mass is 617 g/mol. The Kier molecular flexibility index (Phi) is 8.63. The summed E-state index contributed by atoms with van der Waals surface area (Å²) in [6, 6.07) is 42.8. The van der Waals surface area contributed by atoms with E-state index < -0.39 is 5.54 Å². The van der Waals surface area contributed by atoms with Crippen molar-refractivity contribution in [3.63, 3.8) is 0 Å². The van der Waals surface area contributed by atoms with Gasteiger partial charge >= 0.3 is 0 Å². The van der Waals surface area contributed by atoms with Crippen LogP contribution in [0.3, 0.4) is 0 Å². The van der Waals surface area contributed by atoms with Gasteiger partial charge in [-0.05, 0) is 63.5 Å². The predicted octanol–water partition coefficient (Wildman–Crippen LogP) is 9.41. The lowest BCUT2D eigenvalue weighted by Crippen LogP contribution is -2.58. The maximum absolute atomic E-state index is 5.34. The number of hydrogen-bond donors (Lipinski definition) is 0. The minimum atomic E-state index is -0.556. The van der Waals surface area contributed by atoms with Gasteiger partial charge in [0.15, 0.2) is 0 Å². The number of pyridine rings is 2. The second-order valence-electron chi connectivity index (χ2n) is 14.6. The van der Waals surface area contributed by atoms with Crippen LogP contribution in [0, 0.1) is 0 Å². The van der Waals surface area contributed by atoms with E-state index in [-0.39, 0.29) is 16.7 Å². The molecule has 1 unspecified atom stereocenters. The van der Waals surface area contributed by atoms with Crippen LogP contribution in [0.15, 0.2) is 140 Å². The minimum absolute atomic E-state index is 0.00888. The lowest BCUT2D eigenvalue weighted by Gasteiger charge is -2.26. The lowest BCUT2D eigenvalue weighted by molar-refractivity contribution is -0.794. The van der Waals surface area contributed by atoms with Gasteiger partial charge in [0.1, 0.15) is 0 Å². The van der Waals surface area contributed by atoms with Gasteiger partial charge in [-0.1, -0.05) is 131 Å². The van der Waals surface area contributed by atoms with E-state index in [4.69, 9.17) is 15.1 Å². The molecule has 0 bridgehead atoms. The first-order valence-corrected chi connectivity index (χ1v) is 16.5. The van der Waals surface area contributed by atoms with Gasteiger partial charge < -0.3 is 0 Å². The number of nitrogens with zero attached hydrogens (tertiary/aromatic N) is 4. The third kappa shape index (κ3) is 6.64. The Morgan fingerprint density at radius 3 is 1.87 bits per heavy atom. The molecule has 0 amide bonds. The molecule has 6 aromatic rings. The highest BCUT2D eigenvalue weighted by atomic mass is 15.3. The van der Waals surface area contributed by atoms with Crippen molar-refractivity contribution in [2.45, 2.75) is 70.8 Å². The molecular formula is C43H45N4+. The summed E-state index contributed by atoms with van der Waals surface area (Å²) in [6.07, 6.45) is 6.05. The van der Waals surface area contributed by atoms with Crippen molar-refractivity contribution in [3.05, 3.63) is 179 Å². The van der Waals surface area contributed by atoms with Crippen molar-refractivity contribution < 1.29 is 4.68 Å². The van der Waals surface area contributed by atoms with Crippen molar-refractivity contribution in [3.8, 4) is 11.3 Å². The standard InChI is InChI=1S/C43H45N4/c1-41(2,3)34-24-26-44-39(29-34)40(31-16-10-8-11-17-31)38-23-15-22-37(46-38)32-18-14-21-35(28-32)43(7,33-19-12-9-13-20-33)47-30-36(25-27-45-47)42(4,5)6/h8-30,40H,1-7H3/q+1/t40-,43?/m1/s1. The molecule has 4 heteroatoms. The van der Waals surface area contributed by atoms with E-state index in [9.17, 15) is 0 Å². The first-order chi connectivity index (χ1) is 22.4. The predicted molar refractivity (Wildman–Crippen MR) is 191 cm³/mol. The summed E-state index contributed by atoms with van der Waals surface area (Å²) in [5.74, 6) is -0.101. The van der Waals surface area contributed by atoms with Crippen molar-refractivity contribution in [2.24, 2.45) is 0 Å². The first kappa shape index (κ1) is 32.0. The Morgan fingerprint density at radius 1 is 0.532 bits per heavy atom. The zero-order valence-corrected chi connectivity index (χ0v) is 28.6. The maximum atomic E-state index is 5.34. The number of aromatic nitrogens is 4. The largest absolute Gasteiger partial charge is 0.260 e. The summed E-state index contributed by atoms with van der Waals surface area (Å²) in [4.78, 5) is 10.2. The van der Waals surface area contributed by atoms with Crippen molar-refractivity contribution >= 4 is 0 Å². The Hall–Kier alpha value is -4.96. The molecule has 0 aliphatic carbocycles. The number of rotatable bonds is 7. The molecule has 2 atom stereocenters. The normalized spacial score (nSPS) is 13.9. The van der Waals surface area contributed by atoms with Gasteiger partial charge in [0.2, 0.25) is 11.7 Å². The third-order valence-corrected chi connectivity index (χ3v) is 9.23. The fraction of sp³-hybridized carbons (Fsp3) is 0.256. The fourth-order valence-corrected chi connectivity index (χ4v) is 6.24. The molecule has 0 fully saturated rings. The maximum Gasteiger partial charge on any atom is 0.241 e. The second kappa shape index (κ2) is 12.7. The molecule has 3 aromatic carbocycles. The Morgan fingerprint density at radius 2 is 1.17 bits per heavy atom. The van der Waals surface area contributed by atoms with E-state index in [1.807, 2.05) is 12.4 Å². The van der Waals surface area contributed by atoms with Crippen LogP contribution in [0.25, 0.3) is 11.3 Å². The molecule has 47 heavy (non-hydrogen) atoms. The van der Waals surface area contributed by atoms with Gasteiger partial charge in [-0.3, -0.25) is 9.97 Å². The fourth-order valence-electron chi connectivity index (χ4n) is 6.24. The summed E-state index contributed by atoms with van der Waals surface area (Å²) in [5, 5.41) is 4.90. The van der Waals surface area contributed by atoms with Crippen LogP contribution >= 0.6 is 0 Å². The van der Waals surface area contributed by atoms with Crippen LogP contribution in [0.5, 0.6) is 0 Å². The Bertz CT molecular complexity index is 1970. The van der Waals surface area contributed by atoms with Crippen molar-refractivity contribution in [2.75, 3.05) is 0 Å². The minimum Gasteiger partial charge on any atom is -0.260 e. The smallest absolute Gasteiger partial charge is 0.241 e. The first-order valence-electron chi connectivity index (χ1n) is 16.5. The second-order valence-corrected chi connectivity index (χ2v) is 14.6. The zero-order valence-electron chi connectivity index (χ0n) is 28.6. The molecule has 0 saturated carbocycles. The third-order valence-electron chi connectivity index (χ3n) is 9.23. The van der Waals surface area contributed by atoms with Crippen LogP contribution in [-0.2, 0) is 16.4 Å². The quantitative estimate of drug-likeness (QED) is 0.168. The molecule has 0 aliphatic heterocycles. The van der Waals surface area contributed by atoms with Crippen LogP contribution in [0.2, 0.25) is 0 Å². The highest BCUT2D eigenvalue weighted by Crippen LogP contribution is 2.35. The van der Waals surface area contributed by atoms with Gasteiger partial charge in [-0.2, -0.15) is 0 Å². The molecule has 3 heterocycles. The van der Waals surface area contributed by atoms with Gasteiger partial charge in [0, 0.05) is 35.4 Å². The van der Waals surface area contributed by atoms with Gasteiger partial charge in [0.25, 0.3) is 0 Å². The van der Waals surface area contributed by atoms with Crippen LogP contribution in [0.4, 0.5) is 0 Å². The summed E-state index contributed by atoms with van der Waals surface area (Å²) in [5.41, 5.74) is 9.36. The number of benzene rings is 3. The average molecular weight is 618 g/mol.